The first-order valence-electron chi connectivity index (χ1n) is 7.16. The summed E-state index contributed by atoms with van der Waals surface area (Å²) in [7, 11) is 0. The van der Waals surface area contributed by atoms with Crippen LogP contribution in [0, 0.1) is 0 Å². The molecule has 0 unspecified atom stereocenters. The highest BCUT2D eigenvalue weighted by Gasteiger charge is 2.13. The molecule has 0 atom stereocenters. The second-order valence-corrected chi connectivity index (χ2v) is 5.59. The number of nitrogens with two attached hydrogens (primary N) is 2. The Morgan fingerprint density at radius 2 is 1.78 bits per heavy atom. The number of nitrogens with zero attached hydrogens (tertiary/aromatic N) is 1. The fraction of sp³-hybridized carbons (Fsp3) is 0.176. The van der Waals surface area contributed by atoms with Crippen LogP contribution in [0.4, 0.5) is 5.69 Å². The second-order valence-electron chi connectivity index (χ2n) is 5.59. The van der Waals surface area contributed by atoms with E-state index in [2.05, 4.69) is 0 Å². The van der Waals surface area contributed by atoms with Gasteiger partial charge in [-0.2, -0.15) is 0 Å². The highest BCUT2D eigenvalue weighted by Crippen LogP contribution is 2.34. The number of hydrazine groups is 1. The number of hydrogen-bond acceptors (Lipinski definition) is 6. The van der Waals surface area contributed by atoms with Crippen molar-refractivity contribution >= 4 is 11.4 Å². The van der Waals surface area contributed by atoms with Gasteiger partial charge in [-0.15, -0.1) is 0 Å². The van der Waals surface area contributed by atoms with Crippen molar-refractivity contribution in [3.63, 3.8) is 0 Å². The van der Waals surface area contributed by atoms with Gasteiger partial charge in [0.15, 0.2) is 0 Å². The Kier molecular flexibility index (Phi) is 4.66. The monoisotopic (exact) mass is 315 g/mol. The molecule has 2 aromatic carbocycles. The van der Waals surface area contributed by atoms with Crippen LogP contribution in [-0.4, -0.2) is 15.3 Å². The molecule has 2 rings (SSSR count). The number of phenolic OH excluding ortho intramolecular Hbond substituents is 3. The quantitative estimate of drug-likeness (QED) is 0.437. The summed E-state index contributed by atoms with van der Waals surface area (Å²) in [5.41, 5.74) is 7.85. The van der Waals surface area contributed by atoms with Crippen LogP contribution in [-0.2, 0) is 0 Å². The van der Waals surface area contributed by atoms with Crippen molar-refractivity contribution in [3.8, 4) is 17.2 Å². The Labute approximate surface area is 134 Å². The van der Waals surface area contributed by atoms with E-state index in [-0.39, 0.29) is 28.9 Å². The minimum atomic E-state index is -0.134. The Hall–Kier alpha value is -2.86. The lowest BCUT2D eigenvalue weighted by Crippen LogP contribution is -2.25. The third kappa shape index (κ3) is 3.67. The zero-order valence-corrected chi connectivity index (χ0v) is 13.1. The molecule has 0 saturated heterocycles. The molecule has 0 spiro atoms. The highest BCUT2D eigenvalue weighted by atomic mass is 16.3. The van der Waals surface area contributed by atoms with E-state index in [9.17, 15) is 15.3 Å². The molecule has 0 heterocycles. The van der Waals surface area contributed by atoms with Gasteiger partial charge in [-0.1, -0.05) is 19.9 Å². The molecule has 122 valence electrons. The maximum atomic E-state index is 10.0. The minimum absolute atomic E-state index is 0.0200. The van der Waals surface area contributed by atoms with E-state index in [1.165, 1.54) is 29.4 Å². The second kappa shape index (κ2) is 6.50. The van der Waals surface area contributed by atoms with Crippen molar-refractivity contribution in [2.75, 3.05) is 5.01 Å². The molecular formula is C17H21N3O3. The lowest BCUT2D eigenvalue weighted by molar-refractivity contribution is 0.443. The zero-order chi connectivity index (χ0) is 17.1. The molecule has 2 aromatic rings. The zero-order valence-electron chi connectivity index (χ0n) is 13.1. The average Bonchev–Trinajstić information content (AvgIpc) is 2.46. The first-order chi connectivity index (χ1) is 10.8. The van der Waals surface area contributed by atoms with Gasteiger partial charge in [0.05, 0.1) is 11.4 Å². The Bertz CT molecular complexity index is 742. The molecule has 0 aliphatic rings. The van der Waals surface area contributed by atoms with Crippen LogP contribution in [0.5, 0.6) is 17.2 Å². The van der Waals surface area contributed by atoms with Crippen LogP contribution < -0.4 is 16.6 Å². The molecule has 0 aromatic heterocycles. The summed E-state index contributed by atoms with van der Waals surface area (Å²) in [6, 6.07) is 9.28. The van der Waals surface area contributed by atoms with E-state index in [4.69, 9.17) is 11.6 Å². The van der Waals surface area contributed by atoms with Crippen LogP contribution in [0.1, 0.15) is 30.9 Å². The Morgan fingerprint density at radius 3 is 2.39 bits per heavy atom. The largest absolute Gasteiger partial charge is 0.508 e. The standard InChI is InChI=1S/C17H21N3O3/c1-10(2)13-7-14(17(23)8-16(13)22)15(18)9-20(19)11-4-3-5-12(21)6-11/h3-10,21-23H,18-19H2,1-2H3/b15-9-. The van der Waals surface area contributed by atoms with Gasteiger partial charge in [0.2, 0.25) is 0 Å². The number of anilines is 1. The van der Waals surface area contributed by atoms with Crippen molar-refractivity contribution in [1.29, 1.82) is 0 Å². The summed E-state index contributed by atoms with van der Waals surface area (Å²) in [4.78, 5) is 0. The molecule has 0 saturated carbocycles. The average molecular weight is 315 g/mol. The molecule has 0 amide bonds. The van der Waals surface area contributed by atoms with Gasteiger partial charge in [0.25, 0.3) is 0 Å². The molecule has 7 N–H and O–H groups in total. The summed E-state index contributed by atoms with van der Waals surface area (Å²) < 4.78 is 0. The van der Waals surface area contributed by atoms with Gasteiger partial charge >= 0.3 is 0 Å². The predicted molar refractivity (Wildman–Crippen MR) is 90.8 cm³/mol. The van der Waals surface area contributed by atoms with E-state index in [1.54, 1.807) is 18.2 Å². The van der Waals surface area contributed by atoms with E-state index in [0.717, 1.165) is 0 Å². The summed E-state index contributed by atoms with van der Waals surface area (Å²) in [5.74, 6) is 5.95. The summed E-state index contributed by atoms with van der Waals surface area (Å²) in [6.45, 7) is 3.86. The Balaban J connectivity index is 2.39. The third-order valence-electron chi connectivity index (χ3n) is 3.48. The first-order valence-corrected chi connectivity index (χ1v) is 7.16. The fourth-order valence-corrected chi connectivity index (χ4v) is 2.24. The summed E-state index contributed by atoms with van der Waals surface area (Å²) in [6.07, 6.45) is 1.44. The fourth-order valence-electron chi connectivity index (χ4n) is 2.24. The third-order valence-corrected chi connectivity index (χ3v) is 3.48. The van der Waals surface area contributed by atoms with Crippen molar-refractivity contribution in [2.24, 2.45) is 11.6 Å². The van der Waals surface area contributed by atoms with E-state index < -0.39 is 0 Å². The van der Waals surface area contributed by atoms with Gasteiger partial charge in [-0.05, 0) is 29.7 Å². The van der Waals surface area contributed by atoms with Crippen LogP contribution in [0.25, 0.3) is 5.70 Å². The molecule has 0 bridgehead atoms. The molecule has 0 radical (unpaired) electrons. The molecule has 6 nitrogen and oxygen atoms in total. The maximum absolute atomic E-state index is 10.0. The summed E-state index contributed by atoms with van der Waals surface area (Å²) in [5, 5.41) is 30.6. The van der Waals surface area contributed by atoms with Gasteiger partial charge in [-0.25, -0.2) is 5.84 Å². The van der Waals surface area contributed by atoms with Crippen LogP contribution in [0.15, 0.2) is 42.6 Å². The minimum Gasteiger partial charge on any atom is -0.508 e. The van der Waals surface area contributed by atoms with E-state index in [0.29, 0.717) is 16.8 Å². The number of benzene rings is 2. The molecule has 0 aliphatic carbocycles. The van der Waals surface area contributed by atoms with Gasteiger partial charge in [-0.3, -0.25) is 5.01 Å². The van der Waals surface area contributed by atoms with Crippen molar-refractivity contribution in [1.82, 2.24) is 0 Å². The van der Waals surface area contributed by atoms with E-state index >= 15 is 0 Å². The predicted octanol–water partition coefficient (Wildman–Crippen LogP) is 2.56. The van der Waals surface area contributed by atoms with Gasteiger partial charge < -0.3 is 21.1 Å². The maximum Gasteiger partial charge on any atom is 0.128 e. The number of aromatic hydroxyl groups is 3. The molecule has 23 heavy (non-hydrogen) atoms. The lowest BCUT2D eigenvalue weighted by atomic mass is 9.98. The van der Waals surface area contributed by atoms with Crippen LogP contribution in [0.3, 0.4) is 0 Å². The molecule has 0 fully saturated rings. The molecular weight excluding hydrogens is 294 g/mol. The number of rotatable bonds is 4. The number of hydrogen-bond donors (Lipinski definition) is 5. The lowest BCUT2D eigenvalue weighted by Gasteiger charge is -2.17. The topological polar surface area (TPSA) is 116 Å². The van der Waals surface area contributed by atoms with Gasteiger partial charge in [0, 0.05) is 23.9 Å². The first kappa shape index (κ1) is 16.5. The Morgan fingerprint density at radius 1 is 1.09 bits per heavy atom. The van der Waals surface area contributed by atoms with Crippen LogP contribution >= 0.6 is 0 Å². The smallest absolute Gasteiger partial charge is 0.128 e. The van der Waals surface area contributed by atoms with E-state index in [1.807, 2.05) is 13.8 Å². The molecule has 0 aliphatic heterocycles. The molecule has 6 heteroatoms. The summed E-state index contributed by atoms with van der Waals surface area (Å²) >= 11 is 0. The van der Waals surface area contributed by atoms with Crippen molar-refractivity contribution in [2.45, 2.75) is 19.8 Å². The van der Waals surface area contributed by atoms with Crippen LogP contribution in [0.2, 0.25) is 0 Å². The highest BCUT2D eigenvalue weighted by molar-refractivity contribution is 5.72. The number of phenols is 3. The van der Waals surface area contributed by atoms with Crippen molar-refractivity contribution < 1.29 is 15.3 Å². The SMILES string of the molecule is CC(C)c1cc(/C(N)=C/N(N)c2cccc(O)c2)c(O)cc1O. The van der Waals surface area contributed by atoms with Crippen molar-refractivity contribution in [3.05, 3.63) is 53.7 Å². The normalized spacial score (nSPS) is 11.7. The van der Waals surface area contributed by atoms with Gasteiger partial charge in [0.1, 0.15) is 17.2 Å².